The van der Waals surface area contributed by atoms with E-state index in [1.807, 2.05) is 26.8 Å². The molecule has 1 amide bonds. The normalized spacial score (nSPS) is 18.5. The first-order valence-electron chi connectivity index (χ1n) is 7.90. The fourth-order valence-corrected chi connectivity index (χ4v) is 2.26. The highest BCUT2D eigenvalue weighted by Crippen LogP contribution is 2.27. The molecule has 0 unspecified atom stereocenters. The van der Waals surface area contributed by atoms with Crippen LogP contribution in [0.5, 0.6) is 0 Å². The lowest BCUT2D eigenvalue weighted by molar-refractivity contribution is -0.112. The number of nitrogens with zero attached hydrogens (tertiary/aromatic N) is 1. The van der Waals surface area contributed by atoms with Crippen molar-refractivity contribution in [1.82, 2.24) is 4.90 Å². The molecule has 1 aliphatic rings. The van der Waals surface area contributed by atoms with Gasteiger partial charge in [0.15, 0.2) is 5.78 Å². The summed E-state index contributed by atoms with van der Waals surface area (Å²) < 4.78 is 11.3. The number of likely N-dealkylation sites (tertiary alicyclic amines) is 1. The molecule has 22 heavy (non-hydrogen) atoms. The van der Waals surface area contributed by atoms with Gasteiger partial charge in [-0.3, -0.25) is 4.79 Å². The first-order valence-corrected chi connectivity index (χ1v) is 7.90. The molecule has 0 aromatic heterocycles. The van der Waals surface area contributed by atoms with Crippen LogP contribution in [-0.2, 0) is 14.3 Å². The minimum absolute atomic E-state index is 0.0527. The Morgan fingerprint density at radius 1 is 1.23 bits per heavy atom. The monoisotopic (exact) mass is 311 g/mol. The van der Waals surface area contributed by atoms with E-state index in [1.165, 1.54) is 6.92 Å². The number of rotatable bonds is 5. The molecule has 0 radical (unpaired) electrons. The summed E-state index contributed by atoms with van der Waals surface area (Å²) in [5, 5.41) is 0. The van der Waals surface area contributed by atoms with E-state index >= 15 is 0 Å². The minimum atomic E-state index is -0.461. The van der Waals surface area contributed by atoms with Crippen molar-refractivity contribution in [3.63, 3.8) is 0 Å². The number of ketones is 1. The molecular weight excluding hydrogens is 282 g/mol. The Morgan fingerprint density at radius 3 is 2.32 bits per heavy atom. The first kappa shape index (κ1) is 18.7. The van der Waals surface area contributed by atoms with Crippen LogP contribution in [0.1, 0.15) is 53.9 Å². The van der Waals surface area contributed by atoms with Crippen LogP contribution in [0.15, 0.2) is 12.2 Å². The lowest BCUT2D eigenvalue weighted by Crippen LogP contribution is -2.48. The third kappa shape index (κ3) is 7.07. The van der Waals surface area contributed by atoms with Gasteiger partial charge >= 0.3 is 6.09 Å². The Hall–Kier alpha value is -1.36. The van der Waals surface area contributed by atoms with E-state index in [1.54, 1.807) is 11.0 Å². The molecule has 1 rings (SSSR count). The molecule has 5 heteroatoms. The number of hydrogen-bond donors (Lipinski definition) is 0. The molecule has 1 saturated heterocycles. The molecule has 1 fully saturated rings. The Morgan fingerprint density at radius 2 is 1.82 bits per heavy atom. The summed E-state index contributed by atoms with van der Waals surface area (Å²) in [6.45, 7) is 11.1. The smallest absolute Gasteiger partial charge is 0.410 e. The topological polar surface area (TPSA) is 55.8 Å². The zero-order chi connectivity index (χ0) is 16.8. The standard InChI is InChI=1S/C17H29NO4/c1-14(19)8-6-7-13-21-17(5)9-11-18(12-10-17)15(20)22-16(2,3)4/h6,8H,7,9-13H2,1-5H3. The average Bonchev–Trinajstić information content (AvgIpc) is 2.36. The second kappa shape index (κ2) is 7.77. The van der Waals surface area contributed by atoms with Crippen LogP contribution in [0.3, 0.4) is 0 Å². The Balaban J connectivity index is 2.34. The van der Waals surface area contributed by atoms with E-state index in [0.29, 0.717) is 19.7 Å². The quantitative estimate of drug-likeness (QED) is 0.577. The molecular formula is C17H29NO4. The van der Waals surface area contributed by atoms with Gasteiger partial charge in [0.1, 0.15) is 5.60 Å². The number of carbonyl (C=O) groups is 2. The molecule has 1 heterocycles. The molecule has 1 aliphatic heterocycles. The fourth-order valence-electron chi connectivity index (χ4n) is 2.26. The summed E-state index contributed by atoms with van der Waals surface area (Å²) in [7, 11) is 0. The molecule has 0 saturated carbocycles. The van der Waals surface area contributed by atoms with Gasteiger partial charge in [0.05, 0.1) is 12.2 Å². The number of amides is 1. The van der Waals surface area contributed by atoms with Gasteiger partial charge in [-0.2, -0.15) is 0 Å². The van der Waals surface area contributed by atoms with Crippen LogP contribution in [0.25, 0.3) is 0 Å². The zero-order valence-corrected chi connectivity index (χ0v) is 14.5. The van der Waals surface area contributed by atoms with Crippen molar-refractivity contribution in [2.24, 2.45) is 0 Å². The Labute approximate surface area is 133 Å². The van der Waals surface area contributed by atoms with Gasteiger partial charge in [-0.05, 0) is 60.0 Å². The van der Waals surface area contributed by atoms with Crippen molar-refractivity contribution in [2.75, 3.05) is 19.7 Å². The zero-order valence-electron chi connectivity index (χ0n) is 14.5. The van der Waals surface area contributed by atoms with Crippen molar-refractivity contribution in [1.29, 1.82) is 0 Å². The van der Waals surface area contributed by atoms with Crippen LogP contribution < -0.4 is 0 Å². The molecule has 126 valence electrons. The molecule has 5 nitrogen and oxygen atoms in total. The van der Waals surface area contributed by atoms with Crippen molar-refractivity contribution in [3.8, 4) is 0 Å². The minimum Gasteiger partial charge on any atom is -0.444 e. The molecule has 0 aromatic rings. The van der Waals surface area contributed by atoms with E-state index in [4.69, 9.17) is 9.47 Å². The van der Waals surface area contributed by atoms with Crippen molar-refractivity contribution in [2.45, 2.75) is 65.1 Å². The van der Waals surface area contributed by atoms with Crippen LogP contribution in [0.2, 0.25) is 0 Å². The van der Waals surface area contributed by atoms with Crippen LogP contribution in [0, 0.1) is 0 Å². The molecule has 0 bridgehead atoms. The third-order valence-corrected chi connectivity index (χ3v) is 3.56. The predicted octanol–water partition coefficient (Wildman–Crippen LogP) is 3.33. The lowest BCUT2D eigenvalue weighted by atomic mass is 9.93. The fraction of sp³-hybridized carbons (Fsp3) is 0.765. The highest BCUT2D eigenvalue weighted by atomic mass is 16.6. The maximum Gasteiger partial charge on any atom is 0.410 e. The van der Waals surface area contributed by atoms with Crippen LogP contribution in [0.4, 0.5) is 4.79 Å². The van der Waals surface area contributed by atoms with Crippen LogP contribution >= 0.6 is 0 Å². The van der Waals surface area contributed by atoms with E-state index in [9.17, 15) is 9.59 Å². The summed E-state index contributed by atoms with van der Waals surface area (Å²) in [5.74, 6) is 0.0527. The van der Waals surface area contributed by atoms with Crippen molar-refractivity contribution >= 4 is 11.9 Å². The summed E-state index contributed by atoms with van der Waals surface area (Å²) in [4.78, 5) is 24.5. The predicted molar refractivity (Wildman–Crippen MR) is 85.8 cm³/mol. The second-order valence-electron chi connectivity index (χ2n) is 7.07. The van der Waals surface area contributed by atoms with Gasteiger partial charge in [-0.15, -0.1) is 0 Å². The highest BCUT2D eigenvalue weighted by Gasteiger charge is 2.34. The largest absolute Gasteiger partial charge is 0.444 e. The average molecular weight is 311 g/mol. The van der Waals surface area contributed by atoms with Crippen LogP contribution in [-0.4, -0.2) is 47.7 Å². The van der Waals surface area contributed by atoms with Gasteiger partial charge < -0.3 is 14.4 Å². The second-order valence-corrected chi connectivity index (χ2v) is 7.07. The molecule has 0 N–H and O–H groups in total. The lowest BCUT2D eigenvalue weighted by Gasteiger charge is -2.39. The molecule has 0 atom stereocenters. The molecule has 0 aromatic carbocycles. The summed E-state index contributed by atoms with van der Waals surface area (Å²) in [6.07, 6.45) is 5.47. The van der Waals surface area contributed by atoms with E-state index < -0.39 is 5.60 Å². The maximum atomic E-state index is 12.0. The van der Waals surface area contributed by atoms with Gasteiger partial charge in [-0.1, -0.05) is 6.08 Å². The Kier molecular flexibility index (Phi) is 6.60. The van der Waals surface area contributed by atoms with Gasteiger partial charge in [0.2, 0.25) is 0 Å². The SMILES string of the molecule is CC(=O)C=CCCOC1(C)CCN(C(=O)OC(C)(C)C)CC1. The number of hydrogen-bond acceptors (Lipinski definition) is 4. The highest BCUT2D eigenvalue weighted by molar-refractivity contribution is 5.87. The summed E-state index contributed by atoms with van der Waals surface area (Å²) >= 11 is 0. The summed E-state index contributed by atoms with van der Waals surface area (Å²) in [6, 6.07) is 0. The first-order chi connectivity index (χ1) is 10.1. The van der Waals surface area contributed by atoms with E-state index in [0.717, 1.165) is 19.3 Å². The van der Waals surface area contributed by atoms with Crippen molar-refractivity contribution < 1.29 is 19.1 Å². The molecule has 0 spiro atoms. The van der Waals surface area contributed by atoms with Gasteiger partial charge in [0, 0.05) is 13.1 Å². The van der Waals surface area contributed by atoms with E-state index in [2.05, 4.69) is 6.92 Å². The Bertz CT molecular complexity index is 415. The van der Waals surface area contributed by atoms with Crippen molar-refractivity contribution in [3.05, 3.63) is 12.2 Å². The number of allylic oxidation sites excluding steroid dienone is 1. The number of piperidine rings is 1. The van der Waals surface area contributed by atoms with Gasteiger partial charge in [-0.25, -0.2) is 4.79 Å². The molecule has 0 aliphatic carbocycles. The van der Waals surface area contributed by atoms with Gasteiger partial charge in [0.25, 0.3) is 0 Å². The summed E-state index contributed by atoms with van der Waals surface area (Å²) in [5.41, 5.74) is -0.667. The third-order valence-electron chi connectivity index (χ3n) is 3.56. The number of ether oxygens (including phenoxy) is 2. The maximum absolute atomic E-state index is 12.0. The number of carbonyl (C=O) groups excluding carboxylic acids is 2. The van der Waals surface area contributed by atoms with E-state index in [-0.39, 0.29) is 17.5 Å².